The average Bonchev–Trinajstić information content (AvgIpc) is 3.38. The Morgan fingerprint density at radius 1 is 1.23 bits per heavy atom. The molecule has 30 heavy (non-hydrogen) atoms. The lowest BCUT2D eigenvalue weighted by molar-refractivity contribution is -0.122. The van der Waals surface area contributed by atoms with Crippen molar-refractivity contribution >= 4 is 23.2 Å². The molecule has 1 fully saturated rings. The van der Waals surface area contributed by atoms with Crippen molar-refractivity contribution < 1.29 is 14.0 Å². The zero-order chi connectivity index (χ0) is 21.3. The van der Waals surface area contributed by atoms with Gasteiger partial charge in [0.2, 0.25) is 11.8 Å². The van der Waals surface area contributed by atoms with Crippen molar-refractivity contribution in [1.29, 1.82) is 0 Å². The topological polar surface area (TPSA) is 80.1 Å². The number of carbonyl (C=O) groups excluding carboxylic acids is 2. The Hall–Kier alpha value is -3.55. The second kappa shape index (κ2) is 8.06. The van der Waals surface area contributed by atoms with Crippen LogP contribution in [0.3, 0.4) is 0 Å². The molecule has 4 rings (SSSR count). The zero-order valence-corrected chi connectivity index (χ0v) is 16.7. The van der Waals surface area contributed by atoms with Crippen molar-refractivity contribution in [3.63, 3.8) is 0 Å². The van der Waals surface area contributed by atoms with Gasteiger partial charge >= 0.3 is 0 Å². The minimum absolute atomic E-state index is 0.0937. The summed E-state index contributed by atoms with van der Waals surface area (Å²) in [5.74, 6) is -1.09. The fraction of sp³-hybridized carbons (Fsp3) is 0.273. The smallest absolute Gasteiger partial charge is 0.229 e. The van der Waals surface area contributed by atoms with E-state index in [2.05, 4.69) is 29.2 Å². The maximum absolute atomic E-state index is 14.4. The molecule has 2 amide bonds. The Morgan fingerprint density at radius 2 is 2.07 bits per heavy atom. The van der Waals surface area contributed by atoms with Gasteiger partial charge in [0, 0.05) is 24.3 Å². The molecule has 2 heterocycles. The van der Waals surface area contributed by atoms with E-state index in [0.29, 0.717) is 18.2 Å². The van der Waals surface area contributed by atoms with E-state index >= 15 is 0 Å². The number of anilines is 2. The third-order valence-electron chi connectivity index (χ3n) is 5.23. The number of benzene rings is 2. The third kappa shape index (κ3) is 3.94. The molecule has 3 aromatic rings. The quantitative estimate of drug-likeness (QED) is 0.702. The molecule has 1 aliphatic rings. The van der Waals surface area contributed by atoms with Crippen LogP contribution in [0.1, 0.15) is 31.7 Å². The Balaban J connectivity index is 1.45. The summed E-state index contributed by atoms with van der Waals surface area (Å²) in [6, 6.07) is 12.2. The van der Waals surface area contributed by atoms with Crippen molar-refractivity contribution in [2.24, 2.45) is 5.92 Å². The van der Waals surface area contributed by atoms with Crippen LogP contribution in [-0.4, -0.2) is 33.1 Å². The van der Waals surface area contributed by atoms with Crippen molar-refractivity contribution in [3.05, 3.63) is 66.5 Å². The lowest BCUT2D eigenvalue weighted by Crippen LogP contribution is -2.28. The largest absolute Gasteiger partial charge is 0.326 e. The summed E-state index contributed by atoms with van der Waals surface area (Å²) < 4.78 is 15.7. The van der Waals surface area contributed by atoms with Gasteiger partial charge in [-0.3, -0.25) is 9.59 Å². The van der Waals surface area contributed by atoms with Gasteiger partial charge in [-0.25, -0.2) is 14.1 Å². The zero-order valence-electron chi connectivity index (χ0n) is 16.7. The highest BCUT2D eigenvalue weighted by Crippen LogP contribution is 2.28. The lowest BCUT2D eigenvalue weighted by atomic mass is 10.0. The van der Waals surface area contributed by atoms with Crippen molar-refractivity contribution in [2.45, 2.75) is 26.2 Å². The highest BCUT2D eigenvalue weighted by atomic mass is 19.1. The van der Waals surface area contributed by atoms with Gasteiger partial charge in [-0.15, -0.1) is 0 Å². The molecular formula is C22H22FN5O2. The Kier molecular flexibility index (Phi) is 5.31. The number of amides is 2. The monoisotopic (exact) mass is 407 g/mol. The fourth-order valence-corrected chi connectivity index (χ4v) is 3.53. The summed E-state index contributed by atoms with van der Waals surface area (Å²) in [6.07, 6.45) is 2.83. The summed E-state index contributed by atoms with van der Waals surface area (Å²) in [6.45, 7) is 4.48. The second-order valence-electron chi connectivity index (χ2n) is 7.65. The minimum atomic E-state index is -0.534. The predicted octanol–water partition coefficient (Wildman–Crippen LogP) is 3.52. The molecule has 0 radical (unpaired) electrons. The van der Waals surface area contributed by atoms with Gasteiger partial charge in [0.15, 0.2) is 5.82 Å². The lowest BCUT2D eigenvalue weighted by Gasteiger charge is -2.18. The molecule has 1 saturated heterocycles. The summed E-state index contributed by atoms with van der Waals surface area (Å²) in [5.41, 5.74) is 2.49. The van der Waals surface area contributed by atoms with Crippen molar-refractivity contribution in [1.82, 2.24) is 14.8 Å². The molecule has 1 N–H and O–H groups in total. The van der Waals surface area contributed by atoms with Crippen LogP contribution >= 0.6 is 0 Å². The molecule has 2 aromatic carbocycles. The summed E-state index contributed by atoms with van der Waals surface area (Å²) in [4.78, 5) is 30.7. The Morgan fingerprint density at radius 3 is 2.77 bits per heavy atom. The molecule has 154 valence electrons. The molecule has 7 nitrogen and oxygen atoms in total. The predicted molar refractivity (Wildman–Crippen MR) is 111 cm³/mol. The van der Waals surface area contributed by atoms with Gasteiger partial charge in [-0.1, -0.05) is 26.0 Å². The van der Waals surface area contributed by atoms with Crippen LogP contribution in [0.15, 0.2) is 55.1 Å². The van der Waals surface area contributed by atoms with E-state index in [0.717, 1.165) is 11.3 Å². The Bertz CT molecular complexity index is 1080. The Labute approximate surface area is 173 Å². The number of halogens is 1. The van der Waals surface area contributed by atoms with E-state index in [9.17, 15) is 14.0 Å². The first-order chi connectivity index (χ1) is 14.4. The number of hydrogen-bond donors (Lipinski definition) is 1. The van der Waals surface area contributed by atoms with Crippen LogP contribution in [0, 0.1) is 11.7 Å². The van der Waals surface area contributed by atoms with Crippen molar-refractivity contribution in [3.8, 4) is 5.69 Å². The summed E-state index contributed by atoms with van der Waals surface area (Å²) in [5, 5.41) is 6.61. The van der Waals surface area contributed by atoms with Gasteiger partial charge in [0.25, 0.3) is 0 Å². The van der Waals surface area contributed by atoms with Crippen LogP contribution in [0.25, 0.3) is 5.69 Å². The number of rotatable bonds is 5. The van der Waals surface area contributed by atoms with Gasteiger partial charge < -0.3 is 10.2 Å². The minimum Gasteiger partial charge on any atom is -0.326 e. The van der Waals surface area contributed by atoms with E-state index < -0.39 is 11.7 Å². The third-order valence-corrected chi connectivity index (χ3v) is 5.23. The molecular weight excluding hydrogens is 385 g/mol. The number of nitrogens with zero attached hydrogens (tertiary/aromatic N) is 4. The first-order valence-corrected chi connectivity index (χ1v) is 9.78. The van der Waals surface area contributed by atoms with E-state index in [1.165, 1.54) is 29.5 Å². The van der Waals surface area contributed by atoms with Gasteiger partial charge in [-0.05, 0) is 41.8 Å². The highest BCUT2D eigenvalue weighted by Gasteiger charge is 2.35. The van der Waals surface area contributed by atoms with E-state index in [1.807, 2.05) is 24.3 Å². The van der Waals surface area contributed by atoms with Crippen molar-refractivity contribution in [2.75, 3.05) is 16.8 Å². The average molecular weight is 407 g/mol. The van der Waals surface area contributed by atoms with Gasteiger partial charge in [0.1, 0.15) is 18.3 Å². The molecule has 0 saturated carbocycles. The molecule has 0 aliphatic carbocycles. The fourth-order valence-electron chi connectivity index (χ4n) is 3.53. The summed E-state index contributed by atoms with van der Waals surface area (Å²) in [7, 11) is 0. The van der Waals surface area contributed by atoms with Crippen LogP contribution in [-0.2, 0) is 9.59 Å². The van der Waals surface area contributed by atoms with Crippen LogP contribution in [0.4, 0.5) is 15.8 Å². The molecule has 1 atom stereocenters. The van der Waals surface area contributed by atoms with E-state index in [4.69, 9.17) is 0 Å². The molecule has 8 heteroatoms. The maximum Gasteiger partial charge on any atom is 0.229 e. The first-order valence-electron chi connectivity index (χ1n) is 9.78. The van der Waals surface area contributed by atoms with Crippen LogP contribution in [0.5, 0.6) is 0 Å². The molecule has 1 aromatic heterocycles. The normalized spacial score (nSPS) is 16.3. The first kappa shape index (κ1) is 19.8. The number of hydrogen-bond acceptors (Lipinski definition) is 4. The van der Waals surface area contributed by atoms with Crippen LogP contribution < -0.4 is 10.2 Å². The maximum atomic E-state index is 14.4. The summed E-state index contributed by atoms with van der Waals surface area (Å²) >= 11 is 0. The SMILES string of the molecule is CC(C)c1cccc(N2CC(C(=O)Nc3ccc(-n4cncn4)c(F)c3)CC2=O)c1. The van der Waals surface area contributed by atoms with Crippen LogP contribution in [0.2, 0.25) is 0 Å². The molecule has 1 aliphatic heterocycles. The highest BCUT2D eigenvalue weighted by molar-refractivity contribution is 6.03. The second-order valence-corrected chi connectivity index (χ2v) is 7.65. The van der Waals surface area contributed by atoms with Gasteiger partial charge in [0.05, 0.1) is 5.92 Å². The molecule has 0 spiro atoms. The van der Waals surface area contributed by atoms with E-state index in [-0.39, 0.29) is 23.9 Å². The molecule has 0 bridgehead atoms. The van der Waals surface area contributed by atoms with Gasteiger partial charge in [-0.2, -0.15) is 5.10 Å². The number of carbonyl (C=O) groups is 2. The van der Waals surface area contributed by atoms with E-state index in [1.54, 1.807) is 11.0 Å². The standard InChI is InChI=1S/C22H22FN5O2/c1-14(2)15-4-3-5-18(8-15)27-11-16(9-21(27)29)22(30)26-17-6-7-20(19(23)10-17)28-13-24-12-25-28/h3-8,10,12-14,16H,9,11H2,1-2H3,(H,26,30). The number of aromatic nitrogens is 3. The molecule has 1 unspecified atom stereocenters. The number of nitrogens with one attached hydrogen (secondary N) is 1.